The molecule has 1 aromatic carbocycles. The maximum absolute atomic E-state index is 12.5. The van der Waals surface area contributed by atoms with Crippen LogP contribution < -0.4 is 5.32 Å². The van der Waals surface area contributed by atoms with E-state index in [1.807, 2.05) is 0 Å². The summed E-state index contributed by atoms with van der Waals surface area (Å²) in [6.07, 6.45) is 5.36. The summed E-state index contributed by atoms with van der Waals surface area (Å²) < 4.78 is 0. The molecule has 2 aliphatic carbocycles. The normalized spacial score (nSPS) is 15.8. The smallest absolute Gasteiger partial charge is 0.345 e. The van der Waals surface area contributed by atoms with Gasteiger partial charge in [0.1, 0.15) is 10.6 Å². The summed E-state index contributed by atoms with van der Waals surface area (Å²) >= 11 is 1.18. The Balaban J connectivity index is 1.61. The summed E-state index contributed by atoms with van der Waals surface area (Å²) in [4.78, 5) is 33.6. The Morgan fingerprint density at radius 1 is 1.31 bits per heavy atom. The molecule has 0 saturated heterocycles. The minimum atomic E-state index is -1.14. The first-order valence-electron chi connectivity index (χ1n) is 9.67. The van der Waals surface area contributed by atoms with Crippen molar-refractivity contribution in [3.63, 3.8) is 0 Å². The number of urea groups is 1. The molecule has 0 spiro atoms. The van der Waals surface area contributed by atoms with Crippen LogP contribution in [0.1, 0.15) is 69.3 Å². The zero-order valence-corrected chi connectivity index (χ0v) is 17.2. The predicted octanol–water partition coefficient (Wildman–Crippen LogP) is 3.13. The van der Waals surface area contributed by atoms with Crippen LogP contribution in [-0.2, 0) is 31.5 Å². The van der Waals surface area contributed by atoms with Gasteiger partial charge in [-0.2, -0.15) is 0 Å². The average molecular weight is 413 g/mol. The highest BCUT2D eigenvalue weighted by Crippen LogP contribution is 2.38. The number of ketones is 1. The molecule has 0 radical (unpaired) electrons. The second-order valence-corrected chi connectivity index (χ2v) is 8.97. The van der Waals surface area contributed by atoms with E-state index in [2.05, 4.69) is 21.4 Å². The molecular formula is C21H23N3O4S. The molecule has 3 N–H and O–H groups in total. The van der Waals surface area contributed by atoms with E-state index >= 15 is 0 Å². The monoisotopic (exact) mass is 413 g/mol. The Kier molecular flexibility index (Phi) is 5.10. The van der Waals surface area contributed by atoms with E-state index in [-0.39, 0.29) is 12.4 Å². The van der Waals surface area contributed by atoms with Gasteiger partial charge in [0.2, 0.25) is 0 Å². The number of nitrogens with zero attached hydrogens (tertiary/aromatic N) is 2. The summed E-state index contributed by atoms with van der Waals surface area (Å²) in [6.45, 7) is 2.89. The number of aliphatic hydroxyl groups is 2. The van der Waals surface area contributed by atoms with Crippen LogP contribution in [-0.4, -0.2) is 33.2 Å². The number of carbonyl (C=O) groups excluding carboxylic acids is 2. The molecule has 0 fully saturated rings. The Morgan fingerprint density at radius 3 is 2.83 bits per heavy atom. The highest BCUT2D eigenvalue weighted by atomic mass is 32.1. The van der Waals surface area contributed by atoms with Crippen molar-refractivity contribution in [2.75, 3.05) is 5.32 Å². The molecule has 0 atom stereocenters. The number of amides is 2. The van der Waals surface area contributed by atoms with Gasteiger partial charge in [-0.3, -0.25) is 4.79 Å². The van der Waals surface area contributed by atoms with E-state index in [0.717, 1.165) is 30.4 Å². The van der Waals surface area contributed by atoms with E-state index in [1.165, 1.54) is 23.1 Å². The lowest BCUT2D eigenvalue weighted by Gasteiger charge is -2.14. The van der Waals surface area contributed by atoms with Crippen molar-refractivity contribution in [2.45, 2.75) is 58.2 Å². The molecule has 29 heavy (non-hydrogen) atoms. The van der Waals surface area contributed by atoms with E-state index in [1.54, 1.807) is 13.8 Å². The van der Waals surface area contributed by atoms with E-state index in [9.17, 15) is 19.8 Å². The minimum absolute atomic E-state index is 0.0637. The Morgan fingerprint density at radius 2 is 2.10 bits per heavy atom. The van der Waals surface area contributed by atoms with Gasteiger partial charge in [0.25, 0.3) is 0 Å². The van der Waals surface area contributed by atoms with Gasteiger partial charge >= 0.3 is 6.03 Å². The quantitative estimate of drug-likeness (QED) is 0.667. The highest BCUT2D eigenvalue weighted by molar-refractivity contribution is 7.13. The lowest BCUT2D eigenvalue weighted by molar-refractivity contribution is 0.0778. The van der Waals surface area contributed by atoms with Gasteiger partial charge < -0.3 is 15.5 Å². The van der Waals surface area contributed by atoms with Gasteiger partial charge in [-0.25, -0.2) is 14.8 Å². The number of hydrogen-bond acceptors (Lipinski definition) is 6. The number of thiazole rings is 1. The number of aliphatic hydroxyl groups excluding tert-OH is 1. The number of nitrogens with one attached hydrogen (secondary N) is 1. The fourth-order valence-electron chi connectivity index (χ4n) is 3.93. The Labute approximate surface area is 172 Å². The van der Waals surface area contributed by atoms with Crippen molar-refractivity contribution >= 4 is 35.1 Å². The summed E-state index contributed by atoms with van der Waals surface area (Å²) in [5.41, 5.74) is 3.72. The van der Waals surface area contributed by atoms with Gasteiger partial charge in [-0.05, 0) is 56.2 Å². The number of carbonyl (C=O) groups is 2. The molecule has 2 aliphatic rings. The van der Waals surface area contributed by atoms with Crippen molar-refractivity contribution in [2.24, 2.45) is 4.99 Å². The summed E-state index contributed by atoms with van der Waals surface area (Å²) in [5, 5.41) is 22.9. The van der Waals surface area contributed by atoms with Gasteiger partial charge in [-0.15, -0.1) is 11.3 Å². The SMILES string of the molecule is CC(C)(O)c1nc(CO)c(C=NC(=O)Nc2c3c(cc4c2C(=O)CC4)CCC3)s1. The molecule has 1 aromatic heterocycles. The van der Waals surface area contributed by atoms with Crippen LogP contribution in [0, 0.1) is 0 Å². The molecule has 0 bridgehead atoms. The first-order chi connectivity index (χ1) is 13.8. The number of aromatic nitrogens is 1. The maximum Gasteiger partial charge on any atom is 0.345 e. The molecule has 2 aromatic rings. The van der Waals surface area contributed by atoms with Crippen molar-refractivity contribution < 1.29 is 19.8 Å². The predicted molar refractivity (Wildman–Crippen MR) is 111 cm³/mol. The van der Waals surface area contributed by atoms with Gasteiger partial charge in [0.05, 0.1) is 29.1 Å². The van der Waals surface area contributed by atoms with E-state index < -0.39 is 11.6 Å². The molecule has 4 rings (SSSR count). The van der Waals surface area contributed by atoms with E-state index in [0.29, 0.717) is 39.7 Å². The average Bonchev–Trinajstić information content (AvgIpc) is 3.37. The van der Waals surface area contributed by atoms with Gasteiger partial charge in [0.15, 0.2) is 5.78 Å². The molecular weight excluding hydrogens is 390 g/mol. The highest BCUT2D eigenvalue weighted by Gasteiger charge is 2.29. The lowest BCUT2D eigenvalue weighted by atomic mass is 9.98. The summed E-state index contributed by atoms with van der Waals surface area (Å²) in [7, 11) is 0. The maximum atomic E-state index is 12.5. The van der Waals surface area contributed by atoms with Crippen LogP contribution in [0.3, 0.4) is 0 Å². The standard InChI is InChI=1S/C21H23N3O4S/c1-21(2,28)19-23-14(10-25)16(29-19)9-22-20(27)24-18-13-5-3-4-11(13)8-12-6-7-15(26)17(12)18/h8-9,25,28H,3-7,10H2,1-2H3,(H,24,27). The van der Waals surface area contributed by atoms with Crippen LogP contribution in [0.4, 0.5) is 10.5 Å². The zero-order valence-electron chi connectivity index (χ0n) is 16.4. The summed E-state index contributed by atoms with van der Waals surface area (Å²) in [5.74, 6) is 0.0637. The second kappa shape index (κ2) is 7.44. The third-order valence-corrected chi connectivity index (χ3v) is 6.66. The molecule has 1 heterocycles. The molecule has 8 heteroatoms. The molecule has 7 nitrogen and oxygen atoms in total. The Hall–Kier alpha value is -2.42. The van der Waals surface area contributed by atoms with Crippen molar-refractivity contribution in [1.29, 1.82) is 0 Å². The van der Waals surface area contributed by atoms with E-state index in [4.69, 9.17) is 0 Å². The van der Waals surface area contributed by atoms with Gasteiger partial charge in [-0.1, -0.05) is 6.07 Å². The van der Waals surface area contributed by atoms with Crippen LogP contribution in [0.15, 0.2) is 11.1 Å². The number of aryl methyl sites for hydroxylation is 2. The number of Topliss-reactive ketones (excluding diaryl/α,β-unsaturated/α-hetero) is 1. The number of benzene rings is 1. The van der Waals surface area contributed by atoms with Crippen molar-refractivity contribution in [3.05, 3.63) is 43.9 Å². The largest absolute Gasteiger partial charge is 0.390 e. The van der Waals surface area contributed by atoms with Crippen LogP contribution >= 0.6 is 11.3 Å². The Bertz CT molecular complexity index is 1030. The first-order valence-corrected chi connectivity index (χ1v) is 10.5. The topological polar surface area (TPSA) is 112 Å². The first kappa shape index (κ1) is 19.9. The lowest BCUT2D eigenvalue weighted by Crippen LogP contribution is -2.14. The fraction of sp³-hybridized carbons (Fsp3) is 0.429. The van der Waals surface area contributed by atoms with Crippen LogP contribution in [0.25, 0.3) is 0 Å². The number of anilines is 1. The zero-order chi connectivity index (χ0) is 20.8. The molecule has 0 saturated carbocycles. The number of rotatable bonds is 4. The number of fused-ring (bicyclic) bond motifs is 2. The molecule has 0 unspecified atom stereocenters. The number of aliphatic imine (C=N–C) groups is 1. The molecule has 2 amide bonds. The van der Waals surface area contributed by atoms with Crippen LogP contribution in [0.5, 0.6) is 0 Å². The van der Waals surface area contributed by atoms with Crippen LogP contribution in [0.2, 0.25) is 0 Å². The molecule has 0 aliphatic heterocycles. The minimum Gasteiger partial charge on any atom is -0.390 e. The molecule has 152 valence electrons. The third kappa shape index (κ3) is 3.75. The third-order valence-electron chi connectivity index (χ3n) is 5.31. The van der Waals surface area contributed by atoms with Gasteiger partial charge in [0, 0.05) is 12.0 Å². The fourth-order valence-corrected chi connectivity index (χ4v) is 4.88. The van der Waals surface area contributed by atoms with Crippen molar-refractivity contribution in [1.82, 2.24) is 4.98 Å². The number of hydrogen-bond donors (Lipinski definition) is 3. The summed E-state index contributed by atoms with van der Waals surface area (Å²) in [6, 6.07) is 1.54. The van der Waals surface area contributed by atoms with Crippen molar-refractivity contribution in [3.8, 4) is 0 Å². The second-order valence-electron chi connectivity index (χ2n) is 7.94.